The molecule has 0 aliphatic rings. The standard InChI is InChI=1S/C17H14O4/c1-2-6-16(18)21-15-11-13(17(19)20)9-10-14(15)12-7-4-3-5-8-12/h2-5,7-11H,1,6H2,(H,19,20). The van der Waals surface area contributed by atoms with Crippen molar-refractivity contribution in [3.05, 3.63) is 66.7 Å². The van der Waals surface area contributed by atoms with E-state index in [1.807, 2.05) is 30.3 Å². The quantitative estimate of drug-likeness (QED) is 0.517. The van der Waals surface area contributed by atoms with E-state index >= 15 is 0 Å². The summed E-state index contributed by atoms with van der Waals surface area (Å²) < 4.78 is 5.26. The lowest BCUT2D eigenvalue weighted by atomic mass is 10.0. The molecule has 106 valence electrons. The van der Waals surface area contributed by atoms with E-state index in [1.54, 1.807) is 6.07 Å². The molecule has 4 heteroatoms. The SMILES string of the molecule is C=CCC(=O)Oc1cc(C(=O)O)ccc1-c1ccccc1. The predicted molar refractivity (Wildman–Crippen MR) is 79.3 cm³/mol. The van der Waals surface area contributed by atoms with Crippen molar-refractivity contribution >= 4 is 11.9 Å². The summed E-state index contributed by atoms with van der Waals surface area (Å²) in [5, 5.41) is 9.05. The molecule has 0 bridgehead atoms. The molecule has 0 fully saturated rings. The van der Waals surface area contributed by atoms with Gasteiger partial charge < -0.3 is 9.84 Å². The zero-order valence-corrected chi connectivity index (χ0v) is 11.3. The molecular formula is C17H14O4. The Bertz CT molecular complexity index is 674. The number of hydrogen-bond donors (Lipinski definition) is 1. The number of esters is 1. The van der Waals surface area contributed by atoms with Gasteiger partial charge in [-0.05, 0) is 23.8 Å². The zero-order valence-electron chi connectivity index (χ0n) is 11.3. The molecule has 0 aromatic heterocycles. The molecule has 0 saturated heterocycles. The van der Waals surface area contributed by atoms with E-state index in [9.17, 15) is 9.59 Å². The Balaban J connectivity index is 2.46. The van der Waals surface area contributed by atoms with E-state index < -0.39 is 11.9 Å². The minimum Gasteiger partial charge on any atom is -0.478 e. The van der Waals surface area contributed by atoms with Crippen LogP contribution in [0.5, 0.6) is 5.75 Å². The van der Waals surface area contributed by atoms with Crippen LogP contribution < -0.4 is 4.74 Å². The Hall–Kier alpha value is -2.88. The monoisotopic (exact) mass is 282 g/mol. The van der Waals surface area contributed by atoms with E-state index in [4.69, 9.17) is 9.84 Å². The van der Waals surface area contributed by atoms with Gasteiger partial charge in [0.05, 0.1) is 12.0 Å². The minimum atomic E-state index is -1.07. The first-order chi connectivity index (χ1) is 10.1. The van der Waals surface area contributed by atoms with Gasteiger partial charge in [0.1, 0.15) is 5.75 Å². The highest BCUT2D eigenvalue weighted by Crippen LogP contribution is 2.31. The maximum Gasteiger partial charge on any atom is 0.335 e. The topological polar surface area (TPSA) is 63.6 Å². The number of hydrogen-bond acceptors (Lipinski definition) is 3. The molecule has 2 rings (SSSR count). The van der Waals surface area contributed by atoms with E-state index in [2.05, 4.69) is 6.58 Å². The van der Waals surface area contributed by atoms with Gasteiger partial charge in [0.25, 0.3) is 0 Å². The normalized spacial score (nSPS) is 9.90. The molecular weight excluding hydrogens is 268 g/mol. The van der Waals surface area contributed by atoms with Crippen LogP contribution in [0.15, 0.2) is 61.2 Å². The summed E-state index contributed by atoms with van der Waals surface area (Å²) in [6.07, 6.45) is 1.50. The van der Waals surface area contributed by atoms with Gasteiger partial charge in [-0.2, -0.15) is 0 Å². The number of benzene rings is 2. The summed E-state index contributed by atoms with van der Waals surface area (Å²) in [7, 11) is 0. The zero-order chi connectivity index (χ0) is 15.2. The molecule has 0 atom stereocenters. The minimum absolute atomic E-state index is 0.0610. The van der Waals surface area contributed by atoms with Gasteiger partial charge in [-0.3, -0.25) is 4.79 Å². The van der Waals surface area contributed by atoms with Crippen LogP contribution in [-0.2, 0) is 4.79 Å². The van der Waals surface area contributed by atoms with Crippen molar-refractivity contribution in [2.45, 2.75) is 6.42 Å². The second kappa shape index (κ2) is 6.52. The molecule has 1 N–H and O–H groups in total. The van der Waals surface area contributed by atoms with Crippen LogP contribution in [0, 0.1) is 0 Å². The summed E-state index contributed by atoms with van der Waals surface area (Å²) in [5.74, 6) is -1.33. The maximum absolute atomic E-state index is 11.6. The van der Waals surface area contributed by atoms with Gasteiger partial charge >= 0.3 is 11.9 Å². The van der Waals surface area contributed by atoms with Gasteiger partial charge in [-0.25, -0.2) is 4.79 Å². The highest BCUT2D eigenvalue weighted by atomic mass is 16.5. The molecule has 0 radical (unpaired) electrons. The number of ether oxygens (including phenoxy) is 1. The van der Waals surface area contributed by atoms with E-state index in [0.29, 0.717) is 5.56 Å². The summed E-state index contributed by atoms with van der Waals surface area (Å²) >= 11 is 0. The molecule has 0 aliphatic carbocycles. The van der Waals surface area contributed by atoms with Gasteiger partial charge in [-0.1, -0.05) is 36.4 Å². The van der Waals surface area contributed by atoms with Crippen molar-refractivity contribution in [3.8, 4) is 16.9 Å². The molecule has 2 aromatic rings. The molecule has 0 saturated carbocycles. The van der Waals surface area contributed by atoms with Crippen molar-refractivity contribution in [1.29, 1.82) is 0 Å². The van der Waals surface area contributed by atoms with Crippen LogP contribution in [0.2, 0.25) is 0 Å². The van der Waals surface area contributed by atoms with Crippen molar-refractivity contribution in [2.24, 2.45) is 0 Å². The molecule has 4 nitrogen and oxygen atoms in total. The smallest absolute Gasteiger partial charge is 0.335 e. The fourth-order valence-corrected chi connectivity index (χ4v) is 1.88. The average molecular weight is 282 g/mol. The molecule has 2 aromatic carbocycles. The summed E-state index contributed by atoms with van der Waals surface area (Å²) in [5.41, 5.74) is 1.57. The highest BCUT2D eigenvalue weighted by molar-refractivity contribution is 5.90. The van der Waals surface area contributed by atoms with Crippen LogP contribution in [0.25, 0.3) is 11.1 Å². The maximum atomic E-state index is 11.6. The average Bonchev–Trinajstić information content (AvgIpc) is 2.48. The largest absolute Gasteiger partial charge is 0.478 e. The van der Waals surface area contributed by atoms with E-state index in [0.717, 1.165) is 5.56 Å². The van der Waals surface area contributed by atoms with Crippen molar-refractivity contribution < 1.29 is 19.4 Å². The van der Waals surface area contributed by atoms with Crippen molar-refractivity contribution in [1.82, 2.24) is 0 Å². The van der Waals surface area contributed by atoms with Crippen LogP contribution in [0.4, 0.5) is 0 Å². The number of aromatic carboxylic acids is 1. The first-order valence-electron chi connectivity index (χ1n) is 6.36. The number of rotatable bonds is 5. The summed E-state index contributed by atoms with van der Waals surface area (Å²) in [6, 6.07) is 13.8. The fraction of sp³-hybridized carbons (Fsp3) is 0.0588. The fourth-order valence-electron chi connectivity index (χ4n) is 1.88. The number of carboxylic acid groups (broad SMARTS) is 1. The Kier molecular flexibility index (Phi) is 4.51. The van der Waals surface area contributed by atoms with Crippen molar-refractivity contribution in [2.75, 3.05) is 0 Å². The molecule has 0 aliphatic heterocycles. The lowest BCUT2D eigenvalue weighted by molar-refractivity contribution is -0.133. The Labute approximate surface area is 122 Å². The third-order valence-corrected chi connectivity index (χ3v) is 2.85. The Morgan fingerprint density at radius 2 is 1.86 bits per heavy atom. The van der Waals surface area contributed by atoms with Crippen molar-refractivity contribution in [3.63, 3.8) is 0 Å². The molecule has 0 unspecified atom stereocenters. The van der Waals surface area contributed by atoms with Crippen LogP contribution in [0.1, 0.15) is 16.8 Å². The number of carbonyl (C=O) groups is 2. The highest BCUT2D eigenvalue weighted by Gasteiger charge is 2.13. The molecule has 0 spiro atoms. The Morgan fingerprint density at radius 1 is 1.14 bits per heavy atom. The van der Waals surface area contributed by atoms with Crippen LogP contribution in [-0.4, -0.2) is 17.0 Å². The lowest BCUT2D eigenvalue weighted by Gasteiger charge is -2.11. The first kappa shape index (κ1) is 14.5. The third kappa shape index (κ3) is 3.57. The molecule has 0 heterocycles. The second-order valence-corrected chi connectivity index (χ2v) is 4.35. The predicted octanol–water partition coefficient (Wildman–Crippen LogP) is 3.53. The van der Waals surface area contributed by atoms with E-state index in [-0.39, 0.29) is 17.7 Å². The second-order valence-electron chi connectivity index (χ2n) is 4.35. The van der Waals surface area contributed by atoms with Gasteiger partial charge in [-0.15, -0.1) is 6.58 Å². The third-order valence-electron chi connectivity index (χ3n) is 2.85. The number of carbonyl (C=O) groups excluding carboxylic acids is 1. The summed E-state index contributed by atoms with van der Waals surface area (Å²) in [6.45, 7) is 3.47. The Morgan fingerprint density at radius 3 is 2.48 bits per heavy atom. The summed E-state index contributed by atoms with van der Waals surface area (Å²) in [4.78, 5) is 22.7. The van der Waals surface area contributed by atoms with E-state index in [1.165, 1.54) is 18.2 Å². The van der Waals surface area contributed by atoms with Gasteiger partial charge in [0.2, 0.25) is 0 Å². The van der Waals surface area contributed by atoms with Crippen LogP contribution >= 0.6 is 0 Å². The molecule has 0 amide bonds. The van der Waals surface area contributed by atoms with Gasteiger partial charge in [0.15, 0.2) is 0 Å². The van der Waals surface area contributed by atoms with Crippen LogP contribution in [0.3, 0.4) is 0 Å². The molecule has 21 heavy (non-hydrogen) atoms. The van der Waals surface area contributed by atoms with Gasteiger partial charge in [0, 0.05) is 5.56 Å². The lowest BCUT2D eigenvalue weighted by Crippen LogP contribution is -2.08. The first-order valence-corrected chi connectivity index (χ1v) is 6.36. The number of carboxylic acids is 1.